The predicted molar refractivity (Wildman–Crippen MR) is 61.7 cm³/mol. The number of nitrogens with one attached hydrogen (secondary N) is 1. The summed E-state index contributed by atoms with van der Waals surface area (Å²) in [6.07, 6.45) is 2.29. The largest absolute Gasteiger partial charge is 0.396 e. The van der Waals surface area contributed by atoms with Crippen molar-refractivity contribution in [2.45, 2.75) is 45.2 Å². The number of aliphatic hydroxyl groups is 1. The second-order valence-corrected chi connectivity index (χ2v) is 4.01. The van der Waals surface area contributed by atoms with Crippen LogP contribution in [-0.4, -0.2) is 48.7 Å². The summed E-state index contributed by atoms with van der Waals surface area (Å²) >= 11 is 0. The van der Waals surface area contributed by atoms with Gasteiger partial charge in [0.25, 0.3) is 0 Å². The Bertz CT molecular complexity index is 183. The zero-order chi connectivity index (χ0) is 11.8. The van der Waals surface area contributed by atoms with Crippen LogP contribution in [-0.2, 0) is 4.79 Å². The molecule has 0 rings (SSSR count). The third-order valence-corrected chi connectivity index (χ3v) is 2.63. The summed E-state index contributed by atoms with van der Waals surface area (Å²) in [6, 6.07) is 0.0224. The number of aliphatic hydroxyl groups excluding tert-OH is 1. The van der Waals surface area contributed by atoms with Gasteiger partial charge in [0.05, 0.1) is 6.04 Å². The average Bonchev–Trinajstić information content (AvgIpc) is 2.17. The minimum atomic E-state index is -0.0715. The molecule has 4 nitrogen and oxygen atoms in total. The van der Waals surface area contributed by atoms with E-state index in [1.807, 2.05) is 32.8 Å². The Labute approximate surface area is 92.7 Å². The lowest BCUT2D eigenvalue weighted by Crippen LogP contribution is -2.47. The highest BCUT2D eigenvalue weighted by atomic mass is 16.3. The average molecular weight is 216 g/mol. The van der Waals surface area contributed by atoms with Crippen LogP contribution in [0.25, 0.3) is 0 Å². The standard InChI is InChI=1S/C11H24N2O2/c1-5-9(7-8-14)12-11(15)10(6-2)13(3)4/h9-10,14H,5-8H2,1-4H3,(H,12,15). The lowest BCUT2D eigenvalue weighted by molar-refractivity contribution is -0.126. The zero-order valence-corrected chi connectivity index (χ0v) is 10.3. The lowest BCUT2D eigenvalue weighted by atomic mass is 10.1. The highest BCUT2D eigenvalue weighted by Crippen LogP contribution is 2.02. The van der Waals surface area contributed by atoms with Gasteiger partial charge in [-0.2, -0.15) is 0 Å². The fraction of sp³-hybridized carbons (Fsp3) is 0.909. The molecule has 15 heavy (non-hydrogen) atoms. The van der Waals surface area contributed by atoms with E-state index >= 15 is 0 Å². The normalized spacial score (nSPS) is 15.1. The molecule has 0 aromatic rings. The van der Waals surface area contributed by atoms with Crippen molar-refractivity contribution in [3.05, 3.63) is 0 Å². The summed E-state index contributed by atoms with van der Waals surface area (Å²) in [7, 11) is 3.81. The second kappa shape index (κ2) is 7.65. The topological polar surface area (TPSA) is 52.6 Å². The number of hydrogen-bond acceptors (Lipinski definition) is 3. The Morgan fingerprint density at radius 2 is 1.93 bits per heavy atom. The molecule has 90 valence electrons. The minimum Gasteiger partial charge on any atom is -0.396 e. The summed E-state index contributed by atoms with van der Waals surface area (Å²) in [5, 5.41) is 11.8. The molecule has 0 aromatic heterocycles. The van der Waals surface area contributed by atoms with Crippen molar-refractivity contribution in [1.82, 2.24) is 10.2 Å². The molecule has 2 unspecified atom stereocenters. The molecule has 0 fully saturated rings. The van der Waals surface area contributed by atoms with E-state index in [2.05, 4.69) is 5.32 Å². The molecule has 0 aliphatic heterocycles. The van der Waals surface area contributed by atoms with Crippen molar-refractivity contribution in [3.63, 3.8) is 0 Å². The fourth-order valence-electron chi connectivity index (χ4n) is 1.62. The van der Waals surface area contributed by atoms with Crippen LogP contribution in [0.2, 0.25) is 0 Å². The first kappa shape index (κ1) is 14.4. The van der Waals surface area contributed by atoms with Gasteiger partial charge < -0.3 is 10.4 Å². The molecule has 0 heterocycles. The van der Waals surface area contributed by atoms with E-state index in [9.17, 15) is 4.79 Å². The molecule has 0 saturated carbocycles. The van der Waals surface area contributed by atoms with Crippen LogP contribution in [0.4, 0.5) is 0 Å². The van der Waals surface area contributed by atoms with Gasteiger partial charge in [-0.15, -0.1) is 0 Å². The molecular formula is C11H24N2O2. The number of amides is 1. The monoisotopic (exact) mass is 216 g/mol. The molecule has 0 aliphatic carbocycles. The molecule has 2 atom stereocenters. The number of hydrogen-bond donors (Lipinski definition) is 2. The van der Waals surface area contributed by atoms with Crippen LogP contribution in [0.1, 0.15) is 33.1 Å². The van der Waals surface area contributed by atoms with E-state index in [1.54, 1.807) is 0 Å². The molecule has 1 amide bonds. The van der Waals surface area contributed by atoms with Gasteiger partial charge in [0, 0.05) is 12.6 Å². The summed E-state index contributed by atoms with van der Waals surface area (Å²) < 4.78 is 0. The van der Waals surface area contributed by atoms with Gasteiger partial charge >= 0.3 is 0 Å². The summed E-state index contributed by atoms with van der Waals surface area (Å²) in [6.45, 7) is 4.13. The van der Waals surface area contributed by atoms with Crippen LogP contribution < -0.4 is 5.32 Å². The van der Waals surface area contributed by atoms with Crippen LogP contribution >= 0.6 is 0 Å². The van der Waals surface area contributed by atoms with Gasteiger partial charge in [-0.3, -0.25) is 9.69 Å². The van der Waals surface area contributed by atoms with Gasteiger partial charge in [0.15, 0.2) is 0 Å². The zero-order valence-electron chi connectivity index (χ0n) is 10.3. The van der Waals surface area contributed by atoms with E-state index in [4.69, 9.17) is 5.11 Å². The highest BCUT2D eigenvalue weighted by Gasteiger charge is 2.20. The first-order valence-corrected chi connectivity index (χ1v) is 5.64. The summed E-state index contributed by atoms with van der Waals surface area (Å²) in [5.74, 6) is 0.0581. The van der Waals surface area contributed by atoms with Gasteiger partial charge in [0.2, 0.25) is 5.91 Å². The SMILES string of the molecule is CCC(CCO)NC(=O)C(CC)N(C)C. The number of carbonyl (C=O) groups is 1. The van der Waals surface area contributed by atoms with Gasteiger partial charge in [0.1, 0.15) is 0 Å². The first-order chi connectivity index (χ1) is 7.06. The van der Waals surface area contributed by atoms with Crippen molar-refractivity contribution in [3.8, 4) is 0 Å². The Morgan fingerprint density at radius 3 is 2.27 bits per heavy atom. The van der Waals surface area contributed by atoms with Crippen LogP contribution in [0.5, 0.6) is 0 Å². The van der Waals surface area contributed by atoms with E-state index in [1.165, 1.54) is 0 Å². The predicted octanol–water partition coefficient (Wildman–Crippen LogP) is 0.604. The third kappa shape index (κ3) is 5.14. The Kier molecular flexibility index (Phi) is 7.34. The molecule has 0 saturated heterocycles. The maximum atomic E-state index is 11.8. The number of likely N-dealkylation sites (N-methyl/N-ethyl adjacent to an activating group) is 1. The Hall–Kier alpha value is -0.610. The number of carbonyl (C=O) groups excluding carboxylic acids is 1. The molecule has 0 aliphatic rings. The molecular weight excluding hydrogens is 192 g/mol. The van der Waals surface area contributed by atoms with Crippen molar-refractivity contribution in [2.24, 2.45) is 0 Å². The lowest BCUT2D eigenvalue weighted by Gasteiger charge is -2.25. The first-order valence-electron chi connectivity index (χ1n) is 5.64. The van der Waals surface area contributed by atoms with Crippen LogP contribution in [0.3, 0.4) is 0 Å². The Balaban J connectivity index is 4.18. The summed E-state index contributed by atoms with van der Waals surface area (Å²) in [4.78, 5) is 13.7. The fourth-order valence-corrected chi connectivity index (χ4v) is 1.62. The highest BCUT2D eigenvalue weighted by molar-refractivity contribution is 5.81. The molecule has 0 aromatic carbocycles. The molecule has 0 radical (unpaired) electrons. The van der Waals surface area contributed by atoms with E-state index in [0.29, 0.717) is 6.42 Å². The maximum absolute atomic E-state index is 11.8. The molecule has 0 spiro atoms. The molecule has 4 heteroatoms. The van der Waals surface area contributed by atoms with Gasteiger partial charge in [-0.1, -0.05) is 13.8 Å². The van der Waals surface area contributed by atoms with E-state index in [0.717, 1.165) is 12.8 Å². The van der Waals surface area contributed by atoms with Crippen molar-refractivity contribution < 1.29 is 9.90 Å². The summed E-state index contributed by atoms with van der Waals surface area (Å²) in [5.41, 5.74) is 0. The van der Waals surface area contributed by atoms with Crippen molar-refractivity contribution in [2.75, 3.05) is 20.7 Å². The van der Waals surface area contributed by atoms with Crippen molar-refractivity contribution in [1.29, 1.82) is 0 Å². The third-order valence-electron chi connectivity index (χ3n) is 2.63. The van der Waals surface area contributed by atoms with E-state index in [-0.39, 0.29) is 24.6 Å². The van der Waals surface area contributed by atoms with Crippen LogP contribution in [0.15, 0.2) is 0 Å². The smallest absolute Gasteiger partial charge is 0.237 e. The molecule has 2 N–H and O–H groups in total. The van der Waals surface area contributed by atoms with E-state index < -0.39 is 0 Å². The number of rotatable bonds is 7. The molecule has 0 bridgehead atoms. The minimum absolute atomic E-state index is 0.0581. The second-order valence-electron chi connectivity index (χ2n) is 4.01. The van der Waals surface area contributed by atoms with Crippen LogP contribution in [0, 0.1) is 0 Å². The maximum Gasteiger partial charge on any atom is 0.237 e. The van der Waals surface area contributed by atoms with Gasteiger partial charge in [-0.25, -0.2) is 0 Å². The van der Waals surface area contributed by atoms with Crippen molar-refractivity contribution >= 4 is 5.91 Å². The Morgan fingerprint density at radius 1 is 1.33 bits per heavy atom. The van der Waals surface area contributed by atoms with Gasteiger partial charge in [-0.05, 0) is 33.4 Å². The number of nitrogens with zero attached hydrogens (tertiary/aromatic N) is 1. The quantitative estimate of drug-likeness (QED) is 0.655.